The van der Waals surface area contributed by atoms with E-state index in [1.165, 1.54) is 148 Å². The quantitative estimate of drug-likeness (QED) is 0.0350. The van der Waals surface area contributed by atoms with Crippen LogP contribution in [0.1, 0.15) is 259 Å². The molecule has 0 saturated heterocycles. The van der Waals surface area contributed by atoms with Crippen molar-refractivity contribution in [1.29, 1.82) is 0 Å². The number of esters is 3. The van der Waals surface area contributed by atoms with E-state index in [2.05, 4.69) is 34.6 Å². The summed E-state index contributed by atoms with van der Waals surface area (Å²) in [6.07, 6.45) is 39.6. The fraction of sp³-hybridized carbons (Fsp3) is 0.938. The van der Waals surface area contributed by atoms with Crippen molar-refractivity contribution in [3.05, 3.63) is 0 Å². The van der Waals surface area contributed by atoms with Gasteiger partial charge in [0.15, 0.2) is 6.10 Å². The van der Waals surface area contributed by atoms with Crippen molar-refractivity contribution in [1.82, 2.24) is 0 Å². The van der Waals surface area contributed by atoms with Gasteiger partial charge in [-0.2, -0.15) is 0 Å². The van der Waals surface area contributed by atoms with Gasteiger partial charge < -0.3 is 14.2 Å². The Labute approximate surface area is 336 Å². The van der Waals surface area contributed by atoms with Gasteiger partial charge in [-0.25, -0.2) is 0 Å². The SMILES string of the molecule is CCCCCCCCCCCCCCCCCCCC(=O)O[C@@H](COC(=O)CCCCCCCCC(C)C)COC(=O)CCCCCCCCC(C)CC. The molecule has 0 rings (SSSR count). The van der Waals surface area contributed by atoms with Crippen molar-refractivity contribution in [2.75, 3.05) is 13.2 Å². The summed E-state index contributed by atoms with van der Waals surface area (Å²) >= 11 is 0. The Morgan fingerprint density at radius 2 is 0.704 bits per heavy atom. The summed E-state index contributed by atoms with van der Waals surface area (Å²) in [4.78, 5) is 37.7. The number of hydrogen-bond donors (Lipinski definition) is 0. The molecule has 0 aliphatic carbocycles. The van der Waals surface area contributed by atoms with Gasteiger partial charge in [-0.05, 0) is 31.1 Å². The summed E-state index contributed by atoms with van der Waals surface area (Å²) in [6.45, 7) is 11.3. The summed E-state index contributed by atoms with van der Waals surface area (Å²) in [5.41, 5.74) is 0. The van der Waals surface area contributed by atoms with Crippen LogP contribution in [-0.4, -0.2) is 37.2 Å². The number of hydrogen-bond acceptors (Lipinski definition) is 6. The van der Waals surface area contributed by atoms with Crippen molar-refractivity contribution in [3.8, 4) is 0 Å². The van der Waals surface area contributed by atoms with Crippen LogP contribution >= 0.6 is 0 Å². The van der Waals surface area contributed by atoms with E-state index in [1.807, 2.05) is 0 Å². The molecule has 1 unspecified atom stereocenters. The fourth-order valence-corrected chi connectivity index (χ4v) is 7.07. The lowest BCUT2D eigenvalue weighted by Gasteiger charge is -2.18. The first-order valence-corrected chi connectivity index (χ1v) is 23.8. The Morgan fingerprint density at radius 3 is 1.06 bits per heavy atom. The lowest BCUT2D eigenvalue weighted by Crippen LogP contribution is -2.30. The second-order valence-corrected chi connectivity index (χ2v) is 17.1. The number of unbranched alkanes of at least 4 members (excludes halogenated alkanes) is 26. The topological polar surface area (TPSA) is 78.9 Å². The minimum Gasteiger partial charge on any atom is -0.462 e. The normalized spacial score (nSPS) is 12.6. The zero-order chi connectivity index (χ0) is 39.7. The van der Waals surface area contributed by atoms with E-state index in [0.717, 1.165) is 69.6 Å². The molecule has 0 aromatic heterocycles. The van der Waals surface area contributed by atoms with Crippen LogP contribution in [0, 0.1) is 11.8 Å². The van der Waals surface area contributed by atoms with Crippen LogP contribution in [0.5, 0.6) is 0 Å². The van der Waals surface area contributed by atoms with Gasteiger partial charge in [0, 0.05) is 19.3 Å². The third-order valence-corrected chi connectivity index (χ3v) is 11.1. The lowest BCUT2D eigenvalue weighted by atomic mass is 10.00. The van der Waals surface area contributed by atoms with Crippen molar-refractivity contribution >= 4 is 17.9 Å². The molecule has 0 aliphatic rings. The Kier molecular flexibility index (Phi) is 39.8. The molecule has 6 nitrogen and oxygen atoms in total. The predicted octanol–water partition coefficient (Wildman–Crippen LogP) is 15.0. The van der Waals surface area contributed by atoms with E-state index in [-0.39, 0.29) is 31.1 Å². The van der Waals surface area contributed by atoms with Gasteiger partial charge in [0.2, 0.25) is 0 Å². The molecular formula is C48H92O6. The predicted molar refractivity (Wildman–Crippen MR) is 229 cm³/mol. The monoisotopic (exact) mass is 765 g/mol. The van der Waals surface area contributed by atoms with Crippen LogP contribution in [0.3, 0.4) is 0 Å². The molecule has 0 aromatic rings. The minimum absolute atomic E-state index is 0.0666. The highest BCUT2D eigenvalue weighted by Gasteiger charge is 2.19. The molecule has 0 spiro atoms. The van der Waals surface area contributed by atoms with Crippen LogP contribution in [0.2, 0.25) is 0 Å². The van der Waals surface area contributed by atoms with E-state index < -0.39 is 6.10 Å². The van der Waals surface area contributed by atoms with Crippen molar-refractivity contribution in [2.45, 2.75) is 265 Å². The standard InChI is InChI=1S/C48H92O6/c1-6-8-9-10-11-12-13-14-15-16-17-18-19-20-21-30-35-40-48(51)54-45(41-52-46(49)38-33-28-24-22-26-31-36-43(3)4)42-53-47(50)39-34-29-25-23-27-32-37-44(5)7-2/h43-45H,6-42H2,1-5H3/t44?,45-/m0/s1. The van der Waals surface area contributed by atoms with Gasteiger partial charge in [-0.3, -0.25) is 14.4 Å². The van der Waals surface area contributed by atoms with E-state index >= 15 is 0 Å². The fourth-order valence-electron chi connectivity index (χ4n) is 7.07. The summed E-state index contributed by atoms with van der Waals surface area (Å²) in [5.74, 6) is 0.715. The zero-order valence-electron chi connectivity index (χ0n) is 36.8. The first kappa shape index (κ1) is 52.4. The molecule has 6 heteroatoms. The maximum Gasteiger partial charge on any atom is 0.306 e. The summed E-state index contributed by atoms with van der Waals surface area (Å²) < 4.78 is 16.7. The third-order valence-electron chi connectivity index (χ3n) is 11.1. The molecule has 0 bridgehead atoms. The summed E-state index contributed by atoms with van der Waals surface area (Å²) in [6, 6.07) is 0. The second kappa shape index (κ2) is 41.1. The van der Waals surface area contributed by atoms with Gasteiger partial charge in [-0.15, -0.1) is 0 Å². The molecule has 54 heavy (non-hydrogen) atoms. The molecule has 320 valence electrons. The molecule has 0 saturated carbocycles. The lowest BCUT2D eigenvalue weighted by molar-refractivity contribution is -0.167. The maximum atomic E-state index is 12.7. The number of rotatable bonds is 42. The van der Waals surface area contributed by atoms with E-state index in [1.54, 1.807) is 0 Å². The Morgan fingerprint density at radius 1 is 0.389 bits per heavy atom. The average Bonchev–Trinajstić information content (AvgIpc) is 3.15. The Hall–Kier alpha value is -1.59. The van der Waals surface area contributed by atoms with Crippen molar-refractivity contribution in [2.24, 2.45) is 11.8 Å². The van der Waals surface area contributed by atoms with Crippen molar-refractivity contribution < 1.29 is 28.6 Å². The maximum absolute atomic E-state index is 12.7. The largest absolute Gasteiger partial charge is 0.462 e. The number of carbonyl (C=O) groups excluding carboxylic acids is 3. The molecular weight excluding hydrogens is 673 g/mol. The van der Waals surface area contributed by atoms with Crippen LogP contribution in [-0.2, 0) is 28.6 Å². The Bertz CT molecular complexity index is 826. The van der Waals surface area contributed by atoms with E-state index in [9.17, 15) is 14.4 Å². The van der Waals surface area contributed by atoms with E-state index in [0.29, 0.717) is 19.3 Å². The van der Waals surface area contributed by atoms with E-state index in [4.69, 9.17) is 14.2 Å². The number of ether oxygens (including phenoxy) is 3. The highest BCUT2D eigenvalue weighted by atomic mass is 16.6. The third kappa shape index (κ3) is 40.1. The molecule has 0 radical (unpaired) electrons. The molecule has 0 aromatic carbocycles. The zero-order valence-corrected chi connectivity index (χ0v) is 36.8. The van der Waals surface area contributed by atoms with Gasteiger partial charge in [0.25, 0.3) is 0 Å². The molecule has 2 atom stereocenters. The first-order chi connectivity index (χ1) is 26.3. The van der Waals surface area contributed by atoms with Gasteiger partial charge in [0.1, 0.15) is 13.2 Å². The van der Waals surface area contributed by atoms with Gasteiger partial charge in [-0.1, -0.05) is 221 Å². The molecule has 0 fully saturated rings. The van der Waals surface area contributed by atoms with Crippen molar-refractivity contribution in [3.63, 3.8) is 0 Å². The average molecular weight is 765 g/mol. The molecule has 0 heterocycles. The molecule has 0 amide bonds. The minimum atomic E-state index is -0.761. The van der Waals surface area contributed by atoms with Gasteiger partial charge >= 0.3 is 17.9 Å². The summed E-state index contributed by atoms with van der Waals surface area (Å²) in [7, 11) is 0. The second-order valence-electron chi connectivity index (χ2n) is 17.1. The molecule has 0 N–H and O–H groups in total. The van der Waals surface area contributed by atoms with Crippen LogP contribution < -0.4 is 0 Å². The van der Waals surface area contributed by atoms with Crippen LogP contribution in [0.25, 0.3) is 0 Å². The van der Waals surface area contributed by atoms with Crippen LogP contribution in [0.4, 0.5) is 0 Å². The highest BCUT2D eigenvalue weighted by molar-refractivity contribution is 5.71. The number of carbonyl (C=O) groups is 3. The molecule has 0 aliphatic heterocycles. The van der Waals surface area contributed by atoms with Crippen LogP contribution in [0.15, 0.2) is 0 Å². The Balaban J connectivity index is 4.28. The van der Waals surface area contributed by atoms with Gasteiger partial charge in [0.05, 0.1) is 0 Å². The highest BCUT2D eigenvalue weighted by Crippen LogP contribution is 2.17. The smallest absolute Gasteiger partial charge is 0.306 e. The first-order valence-electron chi connectivity index (χ1n) is 23.8. The summed E-state index contributed by atoms with van der Waals surface area (Å²) in [5, 5.41) is 0.